The monoisotopic (exact) mass is 412 g/mol. The standard InChI is InChI=1S/C21H24N4O3S/c1-14-11-16(15(2)25(14)17-7-5-4-6-8-17)12-24-10-9-19-18(13-24)20(26)23-21(22-19)29(3,27)28/h4-8,11H,9-10,12-13H2,1-3H3,(H,22,23,26). The highest BCUT2D eigenvalue weighted by Crippen LogP contribution is 2.24. The van der Waals surface area contributed by atoms with Crippen LogP contribution in [0.4, 0.5) is 0 Å². The summed E-state index contributed by atoms with van der Waals surface area (Å²) >= 11 is 0. The molecule has 0 aliphatic carbocycles. The third-order valence-corrected chi connectivity index (χ3v) is 6.32. The second kappa shape index (κ2) is 7.27. The first-order valence-electron chi connectivity index (χ1n) is 9.52. The summed E-state index contributed by atoms with van der Waals surface area (Å²) in [6.45, 7) is 6.11. The van der Waals surface area contributed by atoms with Crippen molar-refractivity contribution in [1.29, 1.82) is 0 Å². The van der Waals surface area contributed by atoms with Crippen LogP contribution >= 0.6 is 0 Å². The molecule has 152 valence electrons. The van der Waals surface area contributed by atoms with Gasteiger partial charge in [-0.25, -0.2) is 13.4 Å². The molecule has 1 aromatic carbocycles. The molecule has 0 bridgehead atoms. The van der Waals surface area contributed by atoms with Gasteiger partial charge in [0.15, 0.2) is 0 Å². The summed E-state index contributed by atoms with van der Waals surface area (Å²) in [5.74, 6) is 0. The van der Waals surface area contributed by atoms with Crippen LogP contribution in [-0.4, -0.2) is 40.7 Å². The third kappa shape index (κ3) is 3.77. The van der Waals surface area contributed by atoms with Crippen LogP contribution in [-0.2, 0) is 29.3 Å². The van der Waals surface area contributed by atoms with E-state index < -0.39 is 9.84 Å². The Morgan fingerprint density at radius 3 is 2.59 bits per heavy atom. The number of rotatable bonds is 4. The van der Waals surface area contributed by atoms with Crippen LogP contribution in [0.1, 0.15) is 28.2 Å². The lowest BCUT2D eigenvalue weighted by atomic mass is 10.1. The van der Waals surface area contributed by atoms with Gasteiger partial charge >= 0.3 is 0 Å². The molecule has 0 unspecified atom stereocenters. The number of para-hydroxylation sites is 1. The van der Waals surface area contributed by atoms with Gasteiger partial charge in [-0.05, 0) is 37.6 Å². The third-order valence-electron chi connectivity index (χ3n) is 5.42. The first-order chi connectivity index (χ1) is 13.7. The number of fused-ring (bicyclic) bond motifs is 1. The molecule has 1 aliphatic rings. The highest BCUT2D eigenvalue weighted by atomic mass is 32.2. The Morgan fingerprint density at radius 1 is 1.17 bits per heavy atom. The molecule has 0 spiro atoms. The van der Waals surface area contributed by atoms with Crippen molar-refractivity contribution in [3.63, 3.8) is 0 Å². The van der Waals surface area contributed by atoms with Gasteiger partial charge in [-0.15, -0.1) is 0 Å². The number of sulfone groups is 1. The summed E-state index contributed by atoms with van der Waals surface area (Å²) in [6.07, 6.45) is 1.61. The molecule has 8 heteroatoms. The van der Waals surface area contributed by atoms with Crippen molar-refractivity contribution in [1.82, 2.24) is 19.4 Å². The zero-order chi connectivity index (χ0) is 20.8. The van der Waals surface area contributed by atoms with Gasteiger partial charge < -0.3 is 4.57 Å². The number of aromatic amines is 1. The van der Waals surface area contributed by atoms with Crippen molar-refractivity contribution in [2.45, 2.75) is 38.5 Å². The number of H-pyrrole nitrogens is 1. The van der Waals surface area contributed by atoms with Crippen LogP contribution in [0.5, 0.6) is 0 Å². The summed E-state index contributed by atoms with van der Waals surface area (Å²) in [6, 6.07) is 12.4. The number of aryl methyl sites for hydroxylation is 1. The Kier molecular flexibility index (Phi) is 4.92. The molecule has 29 heavy (non-hydrogen) atoms. The van der Waals surface area contributed by atoms with Crippen molar-refractivity contribution >= 4 is 9.84 Å². The van der Waals surface area contributed by atoms with Gasteiger partial charge in [-0.3, -0.25) is 14.7 Å². The molecule has 0 amide bonds. The van der Waals surface area contributed by atoms with Crippen LogP contribution in [0.3, 0.4) is 0 Å². The maximum Gasteiger partial charge on any atom is 0.256 e. The molecule has 3 heterocycles. The zero-order valence-corrected chi connectivity index (χ0v) is 17.6. The second-order valence-electron chi connectivity index (χ2n) is 7.60. The van der Waals surface area contributed by atoms with Crippen LogP contribution in [0.2, 0.25) is 0 Å². The van der Waals surface area contributed by atoms with Crippen molar-refractivity contribution in [2.24, 2.45) is 0 Å². The number of nitrogens with one attached hydrogen (secondary N) is 1. The molecule has 2 aromatic heterocycles. The number of nitrogens with zero attached hydrogens (tertiary/aromatic N) is 3. The second-order valence-corrected chi connectivity index (χ2v) is 9.53. The van der Waals surface area contributed by atoms with E-state index >= 15 is 0 Å². The van der Waals surface area contributed by atoms with Crippen LogP contribution in [0.25, 0.3) is 5.69 Å². The van der Waals surface area contributed by atoms with Crippen molar-refractivity contribution in [2.75, 3.05) is 12.8 Å². The molecule has 3 aromatic rings. The van der Waals surface area contributed by atoms with Gasteiger partial charge in [0.05, 0.1) is 11.3 Å². The van der Waals surface area contributed by atoms with E-state index in [1.165, 1.54) is 17.0 Å². The average Bonchev–Trinajstić information content (AvgIpc) is 2.95. The lowest BCUT2D eigenvalue weighted by Crippen LogP contribution is -2.36. The van der Waals surface area contributed by atoms with E-state index in [-0.39, 0.29) is 10.7 Å². The topological polar surface area (TPSA) is 88.1 Å². The minimum absolute atomic E-state index is 0.249. The molecule has 0 atom stereocenters. The lowest BCUT2D eigenvalue weighted by molar-refractivity contribution is 0.240. The van der Waals surface area contributed by atoms with Gasteiger partial charge in [0.25, 0.3) is 5.56 Å². The van der Waals surface area contributed by atoms with Crippen molar-refractivity contribution in [3.8, 4) is 5.69 Å². The van der Waals surface area contributed by atoms with E-state index in [9.17, 15) is 13.2 Å². The Hall–Kier alpha value is -2.71. The number of hydrogen-bond acceptors (Lipinski definition) is 5. The van der Waals surface area contributed by atoms with E-state index in [1.54, 1.807) is 0 Å². The maximum atomic E-state index is 12.4. The predicted molar refractivity (Wildman–Crippen MR) is 111 cm³/mol. The predicted octanol–water partition coefficient (Wildman–Crippen LogP) is 2.14. The molecule has 7 nitrogen and oxygen atoms in total. The number of benzene rings is 1. The molecule has 0 saturated heterocycles. The summed E-state index contributed by atoms with van der Waals surface area (Å²) in [7, 11) is -3.54. The molecule has 0 saturated carbocycles. The van der Waals surface area contributed by atoms with E-state index in [0.717, 1.165) is 25.0 Å². The van der Waals surface area contributed by atoms with E-state index in [2.05, 4.69) is 51.5 Å². The number of aromatic nitrogens is 3. The van der Waals surface area contributed by atoms with Crippen LogP contribution in [0.15, 0.2) is 46.3 Å². The van der Waals surface area contributed by atoms with Gasteiger partial charge in [0.2, 0.25) is 15.0 Å². The SMILES string of the molecule is Cc1cc(CN2CCc3nc(S(C)(=O)=O)[nH]c(=O)c3C2)c(C)n1-c1ccccc1. The fourth-order valence-electron chi connectivity index (χ4n) is 3.97. The quantitative estimate of drug-likeness (QED) is 0.664. The fraction of sp³-hybridized carbons (Fsp3) is 0.333. The van der Waals surface area contributed by atoms with Crippen molar-refractivity contribution in [3.05, 3.63) is 75.0 Å². The highest BCUT2D eigenvalue weighted by molar-refractivity contribution is 7.90. The summed E-state index contributed by atoms with van der Waals surface area (Å²) in [4.78, 5) is 21.3. The summed E-state index contributed by atoms with van der Waals surface area (Å²) in [5.41, 5.74) is 5.46. The maximum absolute atomic E-state index is 12.4. The Bertz CT molecular complexity index is 1230. The molecular formula is C21H24N4O3S. The van der Waals surface area contributed by atoms with Crippen molar-refractivity contribution < 1.29 is 8.42 Å². The van der Waals surface area contributed by atoms with Gasteiger partial charge in [-0.2, -0.15) is 0 Å². The smallest absolute Gasteiger partial charge is 0.256 e. The first kappa shape index (κ1) is 19.6. The largest absolute Gasteiger partial charge is 0.318 e. The average molecular weight is 413 g/mol. The van der Waals surface area contributed by atoms with Gasteiger partial charge in [0.1, 0.15) is 0 Å². The van der Waals surface area contributed by atoms with Crippen LogP contribution in [0, 0.1) is 13.8 Å². The Labute approximate surface area is 169 Å². The van der Waals surface area contributed by atoms with Gasteiger partial charge in [0, 0.05) is 49.4 Å². The minimum Gasteiger partial charge on any atom is -0.318 e. The zero-order valence-electron chi connectivity index (χ0n) is 16.8. The first-order valence-corrected chi connectivity index (χ1v) is 11.4. The van der Waals surface area contributed by atoms with E-state index in [4.69, 9.17) is 0 Å². The Morgan fingerprint density at radius 2 is 1.90 bits per heavy atom. The Balaban J connectivity index is 1.60. The van der Waals surface area contributed by atoms with Crippen LogP contribution < -0.4 is 5.56 Å². The molecule has 0 fully saturated rings. The summed E-state index contributed by atoms with van der Waals surface area (Å²) in [5, 5.41) is -0.249. The van der Waals surface area contributed by atoms with Gasteiger partial charge in [-0.1, -0.05) is 18.2 Å². The normalized spacial score (nSPS) is 14.7. The molecule has 1 aliphatic heterocycles. The van der Waals surface area contributed by atoms with E-state index in [0.29, 0.717) is 24.2 Å². The fourth-order valence-corrected chi connectivity index (χ4v) is 4.53. The molecule has 1 N–H and O–H groups in total. The van der Waals surface area contributed by atoms with E-state index in [1.807, 2.05) is 18.2 Å². The summed E-state index contributed by atoms with van der Waals surface area (Å²) < 4.78 is 25.7. The highest BCUT2D eigenvalue weighted by Gasteiger charge is 2.24. The minimum atomic E-state index is -3.54. The molecular weight excluding hydrogens is 388 g/mol. The lowest BCUT2D eigenvalue weighted by Gasteiger charge is -2.27. The number of hydrogen-bond donors (Lipinski definition) is 1. The molecule has 0 radical (unpaired) electrons. The molecule has 4 rings (SSSR count).